The molecular formula is C18H18CoN2Na2O8S2. The van der Waals surface area contributed by atoms with Gasteiger partial charge in [-0.25, -0.2) is 16.8 Å². The Bertz CT molecular complexity index is 1100. The SMILES string of the molecule is O=S(=O)([O-])c1ccc(O)c(C=NCCCCN=Cc2cc(S(=O)(=O)[O-])ccc2O)c1.[Co].[Na+].[Na+]. The van der Waals surface area contributed by atoms with Gasteiger partial charge in [-0.15, -0.1) is 0 Å². The summed E-state index contributed by atoms with van der Waals surface area (Å²) in [6, 6.07) is 6.29. The molecule has 10 nitrogen and oxygen atoms in total. The number of phenols is 2. The van der Waals surface area contributed by atoms with Crippen LogP contribution in [0.25, 0.3) is 0 Å². The van der Waals surface area contributed by atoms with Gasteiger partial charge in [-0.05, 0) is 49.2 Å². The summed E-state index contributed by atoms with van der Waals surface area (Å²) in [6.45, 7) is 0.691. The molecule has 0 spiro atoms. The molecule has 15 heteroatoms. The van der Waals surface area contributed by atoms with E-state index in [0.29, 0.717) is 25.9 Å². The third kappa shape index (κ3) is 11.8. The Kier molecular flexibility index (Phi) is 16.5. The van der Waals surface area contributed by atoms with Crippen molar-refractivity contribution >= 4 is 32.7 Å². The Hall–Kier alpha value is -0.294. The molecule has 0 aliphatic heterocycles. The number of benzene rings is 2. The van der Waals surface area contributed by atoms with Gasteiger partial charge in [0.2, 0.25) is 0 Å². The molecular weight excluding hydrogens is 541 g/mol. The first-order chi connectivity index (χ1) is 14.0. The maximum absolute atomic E-state index is 11.0. The molecule has 0 bridgehead atoms. The van der Waals surface area contributed by atoms with E-state index in [4.69, 9.17) is 0 Å². The van der Waals surface area contributed by atoms with Crippen molar-refractivity contribution in [2.45, 2.75) is 22.6 Å². The Morgan fingerprint density at radius 3 is 1.36 bits per heavy atom. The van der Waals surface area contributed by atoms with E-state index >= 15 is 0 Å². The van der Waals surface area contributed by atoms with E-state index < -0.39 is 30.0 Å². The van der Waals surface area contributed by atoms with Crippen molar-refractivity contribution in [2.24, 2.45) is 9.98 Å². The number of hydrogen-bond donors (Lipinski definition) is 2. The molecule has 2 rings (SSSR count). The summed E-state index contributed by atoms with van der Waals surface area (Å²) in [5, 5.41) is 19.4. The van der Waals surface area contributed by atoms with Gasteiger partial charge in [0.05, 0.1) is 9.79 Å². The van der Waals surface area contributed by atoms with E-state index in [9.17, 15) is 36.2 Å². The molecule has 171 valence electrons. The van der Waals surface area contributed by atoms with Crippen LogP contribution in [-0.4, -0.2) is 61.7 Å². The predicted octanol–water partition coefficient (Wildman–Crippen LogP) is -4.77. The molecule has 0 amide bonds. The Morgan fingerprint density at radius 1 is 0.727 bits per heavy atom. The molecule has 0 saturated carbocycles. The quantitative estimate of drug-likeness (QED) is 0.133. The first-order valence-electron chi connectivity index (χ1n) is 8.56. The fourth-order valence-electron chi connectivity index (χ4n) is 2.32. The smallest absolute Gasteiger partial charge is 0.744 e. The topological polar surface area (TPSA) is 180 Å². The first kappa shape index (κ1) is 34.9. The molecule has 1 radical (unpaired) electrons. The van der Waals surface area contributed by atoms with Crippen molar-refractivity contribution in [2.75, 3.05) is 13.1 Å². The number of aromatic hydroxyl groups is 2. The summed E-state index contributed by atoms with van der Waals surface area (Å²) >= 11 is 0. The summed E-state index contributed by atoms with van der Waals surface area (Å²) in [7, 11) is -9.26. The van der Waals surface area contributed by atoms with Crippen LogP contribution in [0.15, 0.2) is 56.2 Å². The molecule has 0 aliphatic rings. The Morgan fingerprint density at radius 2 is 1.06 bits per heavy atom. The molecule has 0 unspecified atom stereocenters. The van der Waals surface area contributed by atoms with Gasteiger partial charge in [0.1, 0.15) is 31.7 Å². The van der Waals surface area contributed by atoms with Crippen LogP contribution < -0.4 is 59.1 Å². The minimum atomic E-state index is -4.63. The van der Waals surface area contributed by atoms with Gasteiger partial charge in [0.15, 0.2) is 0 Å². The molecule has 33 heavy (non-hydrogen) atoms. The number of rotatable bonds is 9. The second kappa shape index (κ2) is 15.7. The van der Waals surface area contributed by atoms with Crippen LogP contribution in [0.5, 0.6) is 11.5 Å². The van der Waals surface area contributed by atoms with Gasteiger partial charge in [-0.1, -0.05) is 0 Å². The average Bonchev–Trinajstić information content (AvgIpc) is 2.64. The van der Waals surface area contributed by atoms with E-state index in [-0.39, 0.29) is 98.5 Å². The number of nitrogens with zero attached hydrogens (tertiary/aromatic N) is 2. The van der Waals surface area contributed by atoms with Crippen molar-refractivity contribution < 1.29 is 112 Å². The summed E-state index contributed by atoms with van der Waals surface area (Å²) in [5.41, 5.74) is 0.210. The molecule has 2 N–H and O–H groups in total. The third-order valence-corrected chi connectivity index (χ3v) is 5.52. The molecule has 0 heterocycles. The third-order valence-electron chi connectivity index (χ3n) is 3.86. The van der Waals surface area contributed by atoms with Crippen LogP contribution in [0.3, 0.4) is 0 Å². The summed E-state index contributed by atoms with van der Waals surface area (Å²) in [6.07, 6.45) is 3.71. The van der Waals surface area contributed by atoms with Crippen LogP contribution in [0, 0.1) is 0 Å². The number of aliphatic imine (C=N–C) groups is 2. The number of unbranched alkanes of at least 4 members (excludes halogenated alkanes) is 1. The second-order valence-corrected chi connectivity index (χ2v) is 8.89. The van der Waals surface area contributed by atoms with Gasteiger partial charge < -0.3 is 19.3 Å². The molecule has 0 fully saturated rings. The predicted molar refractivity (Wildman–Crippen MR) is 106 cm³/mol. The van der Waals surface area contributed by atoms with Crippen molar-refractivity contribution in [1.82, 2.24) is 0 Å². The van der Waals surface area contributed by atoms with Gasteiger partial charge in [-0.2, -0.15) is 0 Å². The summed E-state index contributed by atoms with van der Waals surface area (Å²) in [5.74, 6) is -0.421. The molecule has 0 aliphatic carbocycles. The zero-order chi connectivity index (χ0) is 22.4. The fraction of sp³-hybridized carbons (Fsp3) is 0.222. The normalized spacial score (nSPS) is 11.6. The zero-order valence-corrected chi connectivity index (χ0v) is 24.5. The Balaban J connectivity index is 0. The average molecular weight is 559 g/mol. The molecule has 0 saturated heterocycles. The molecule has 2 aromatic carbocycles. The second-order valence-electron chi connectivity index (χ2n) is 6.13. The van der Waals surface area contributed by atoms with E-state index in [1.54, 1.807) is 0 Å². The minimum absolute atomic E-state index is 0. The van der Waals surface area contributed by atoms with E-state index in [1.807, 2.05) is 0 Å². The van der Waals surface area contributed by atoms with E-state index in [2.05, 4.69) is 9.98 Å². The van der Waals surface area contributed by atoms with Crippen LogP contribution >= 0.6 is 0 Å². The minimum Gasteiger partial charge on any atom is -0.744 e. The maximum atomic E-state index is 11.0. The number of phenolic OH excluding ortho intramolecular Hbond substituents is 2. The maximum Gasteiger partial charge on any atom is 1.00 e. The van der Waals surface area contributed by atoms with Crippen molar-refractivity contribution in [3.05, 3.63) is 47.5 Å². The van der Waals surface area contributed by atoms with Gasteiger partial charge in [-0.3, -0.25) is 9.98 Å². The van der Waals surface area contributed by atoms with Gasteiger partial charge in [0, 0.05) is 53.4 Å². The monoisotopic (exact) mass is 559 g/mol. The molecule has 0 aromatic heterocycles. The van der Waals surface area contributed by atoms with E-state index in [0.717, 1.165) is 36.4 Å². The first-order valence-corrected chi connectivity index (χ1v) is 11.4. The van der Waals surface area contributed by atoms with E-state index in [1.165, 1.54) is 12.4 Å². The van der Waals surface area contributed by atoms with Crippen LogP contribution in [-0.2, 0) is 37.0 Å². The van der Waals surface area contributed by atoms with Crippen molar-refractivity contribution in [3.63, 3.8) is 0 Å². The van der Waals surface area contributed by atoms with Gasteiger partial charge in [0.25, 0.3) is 0 Å². The van der Waals surface area contributed by atoms with Crippen LogP contribution in [0.1, 0.15) is 24.0 Å². The van der Waals surface area contributed by atoms with Crippen molar-refractivity contribution in [3.8, 4) is 11.5 Å². The zero-order valence-electron chi connectivity index (χ0n) is 17.8. The van der Waals surface area contributed by atoms with Crippen LogP contribution in [0.2, 0.25) is 0 Å². The molecule has 0 atom stereocenters. The summed E-state index contributed by atoms with van der Waals surface area (Å²) < 4.78 is 66.0. The standard InChI is InChI=1S/C18H20N2O8S2.Co.2Na/c21-17-5-3-15(29(23,24)25)9-13(17)11-19-7-1-2-8-20-12-14-10-16(30(26,27)28)4-6-18(14)22;;;/h3-6,9-12,21-22H,1-2,7-8H2,(H,23,24,25)(H,26,27,28);;;/q;;2*+1/p-2. The van der Waals surface area contributed by atoms with Crippen molar-refractivity contribution in [1.29, 1.82) is 0 Å². The van der Waals surface area contributed by atoms with Gasteiger partial charge >= 0.3 is 59.1 Å². The number of hydrogen-bond acceptors (Lipinski definition) is 10. The fourth-order valence-corrected chi connectivity index (χ4v) is 3.33. The largest absolute Gasteiger partial charge is 1.00 e. The molecule has 2 aromatic rings. The Labute approximate surface area is 246 Å². The van der Waals surface area contributed by atoms with Crippen LogP contribution in [0.4, 0.5) is 0 Å². The summed E-state index contributed by atoms with van der Waals surface area (Å²) in [4.78, 5) is 7.19.